The quantitative estimate of drug-likeness (QED) is 0.378. The Morgan fingerprint density at radius 3 is 2.52 bits per heavy atom. The number of benzene rings is 1. The van der Waals surface area contributed by atoms with E-state index in [0.717, 1.165) is 38.2 Å². The van der Waals surface area contributed by atoms with Gasteiger partial charge in [-0.15, -0.1) is 0 Å². The van der Waals surface area contributed by atoms with Crippen LogP contribution in [0.15, 0.2) is 32.4 Å². The molecule has 0 aliphatic rings. The van der Waals surface area contributed by atoms with Crippen molar-refractivity contribution in [3.8, 4) is 22.7 Å². The summed E-state index contributed by atoms with van der Waals surface area (Å²) in [4.78, 5) is 0. The largest absolute Gasteiger partial charge is 0.508 e. The average Bonchev–Trinajstić information content (AvgIpc) is 3.00. The Balaban J connectivity index is 2.45. The number of aryl methyl sites for hydroxylation is 3. The lowest BCUT2D eigenvalue weighted by atomic mass is 10.0. The van der Waals surface area contributed by atoms with Gasteiger partial charge in [-0.3, -0.25) is 0 Å². The molecule has 3 rings (SSSR count). The molecule has 25 heavy (non-hydrogen) atoms. The molecule has 7 heteroatoms. The standard InChI is InChI=1S/C18H18BrN3O3/c1-9-7-13(23)5-6-14(9)18-16(19)10(2)15(8-20-24)22(18)17-11(3)21-25-12(17)4/h5-8,23-24H,1-4H3/b20-8+. The number of nitrogens with zero attached hydrogens (tertiary/aromatic N) is 3. The fourth-order valence-corrected chi connectivity index (χ4v) is 3.66. The third kappa shape index (κ3) is 2.74. The molecule has 6 nitrogen and oxygen atoms in total. The average molecular weight is 404 g/mol. The number of aromatic hydroxyl groups is 1. The van der Waals surface area contributed by atoms with E-state index in [4.69, 9.17) is 9.73 Å². The van der Waals surface area contributed by atoms with Crippen molar-refractivity contribution in [2.75, 3.05) is 0 Å². The second-order valence-electron chi connectivity index (χ2n) is 5.92. The van der Waals surface area contributed by atoms with Crippen LogP contribution in [0.25, 0.3) is 16.9 Å². The van der Waals surface area contributed by atoms with Crippen molar-refractivity contribution in [3.63, 3.8) is 0 Å². The summed E-state index contributed by atoms with van der Waals surface area (Å²) >= 11 is 3.67. The summed E-state index contributed by atoms with van der Waals surface area (Å²) in [5.74, 6) is 0.868. The normalized spacial score (nSPS) is 11.6. The number of hydrogen-bond donors (Lipinski definition) is 2. The zero-order valence-electron chi connectivity index (χ0n) is 14.3. The van der Waals surface area contributed by atoms with Crippen LogP contribution in [0.4, 0.5) is 0 Å². The molecule has 3 aromatic rings. The zero-order chi connectivity index (χ0) is 18.3. The molecule has 130 valence electrons. The van der Waals surface area contributed by atoms with Crippen LogP contribution in [0.5, 0.6) is 5.75 Å². The summed E-state index contributed by atoms with van der Waals surface area (Å²) < 4.78 is 8.17. The number of hydrogen-bond acceptors (Lipinski definition) is 5. The van der Waals surface area contributed by atoms with Gasteiger partial charge in [0.1, 0.15) is 17.1 Å². The van der Waals surface area contributed by atoms with Gasteiger partial charge in [0, 0.05) is 10.0 Å². The molecule has 0 spiro atoms. The molecule has 2 aromatic heterocycles. The van der Waals surface area contributed by atoms with Crippen molar-refractivity contribution in [1.82, 2.24) is 9.72 Å². The lowest BCUT2D eigenvalue weighted by Gasteiger charge is -2.14. The second kappa shape index (κ2) is 6.40. The van der Waals surface area contributed by atoms with E-state index in [1.165, 1.54) is 6.21 Å². The molecule has 0 aliphatic heterocycles. The monoisotopic (exact) mass is 403 g/mol. The highest BCUT2D eigenvalue weighted by Gasteiger charge is 2.25. The molecule has 0 radical (unpaired) electrons. The Bertz CT molecular complexity index is 967. The van der Waals surface area contributed by atoms with E-state index in [1.807, 2.05) is 38.3 Å². The fourth-order valence-electron chi connectivity index (χ4n) is 3.07. The van der Waals surface area contributed by atoms with Gasteiger partial charge in [0.25, 0.3) is 0 Å². The predicted octanol–water partition coefficient (Wildman–Crippen LogP) is 4.64. The molecule has 0 unspecified atom stereocenters. The minimum atomic E-state index is 0.210. The van der Waals surface area contributed by atoms with Crippen LogP contribution in [-0.4, -0.2) is 26.3 Å². The van der Waals surface area contributed by atoms with Crippen LogP contribution in [0.2, 0.25) is 0 Å². The summed E-state index contributed by atoms with van der Waals surface area (Å²) in [5.41, 5.74) is 5.88. The number of rotatable bonds is 3. The molecule has 0 fully saturated rings. The summed E-state index contributed by atoms with van der Waals surface area (Å²) in [7, 11) is 0. The summed E-state index contributed by atoms with van der Waals surface area (Å²) in [5, 5.41) is 26.1. The number of phenols is 1. The first-order chi connectivity index (χ1) is 11.9. The number of halogens is 1. The third-order valence-electron chi connectivity index (χ3n) is 4.25. The highest BCUT2D eigenvalue weighted by atomic mass is 79.9. The van der Waals surface area contributed by atoms with Crippen molar-refractivity contribution in [2.24, 2.45) is 5.16 Å². The lowest BCUT2D eigenvalue weighted by Crippen LogP contribution is -2.05. The summed E-state index contributed by atoms with van der Waals surface area (Å²) in [6.45, 7) is 7.57. The second-order valence-corrected chi connectivity index (χ2v) is 6.72. The molecule has 2 N–H and O–H groups in total. The molecule has 0 aliphatic carbocycles. The van der Waals surface area contributed by atoms with E-state index in [9.17, 15) is 5.11 Å². The highest BCUT2D eigenvalue weighted by molar-refractivity contribution is 9.10. The van der Waals surface area contributed by atoms with Gasteiger partial charge in [-0.05, 0) is 73.0 Å². The predicted molar refractivity (Wildman–Crippen MR) is 99.0 cm³/mol. The Kier molecular flexibility index (Phi) is 4.43. The Hall–Kier alpha value is -2.54. The van der Waals surface area contributed by atoms with E-state index < -0.39 is 0 Å². The van der Waals surface area contributed by atoms with E-state index in [-0.39, 0.29) is 5.75 Å². The van der Waals surface area contributed by atoms with Crippen molar-refractivity contribution in [1.29, 1.82) is 0 Å². The minimum absolute atomic E-state index is 0.210. The van der Waals surface area contributed by atoms with Gasteiger partial charge in [-0.2, -0.15) is 0 Å². The molecular formula is C18H18BrN3O3. The Morgan fingerprint density at radius 2 is 1.96 bits per heavy atom. The van der Waals surface area contributed by atoms with Crippen molar-refractivity contribution in [3.05, 3.63) is 50.9 Å². The van der Waals surface area contributed by atoms with Gasteiger partial charge in [0.05, 0.1) is 17.6 Å². The van der Waals surface area contributed by atoms with Crippen molar-refractivity contribution < 1.29 is 14.8 Å². The fraction of sp³-hybridized carbons (Fsp3) is 0.222. The molecule has 2 heterocycles. The third-order valence-corrected chi connectivity index (χ3v) is 5.22. The number of oxime groups is 1. The van der Waals surface area contributed by atoms with Crippen LogP contribution in [0, 0.1) is 27.7 Å². The first-order valence-electron chi connectivity index (χ1n) is 7.68. The highest BCUT2D eigenvalue weighted by Crippen LogP contribution is 2.40. The maximum Gasteiger partial charge on any atom is 0.157 e. The Labute approximate surface area is 153 Å². The summed E-state index contributed by atoms with van der Waals surface area (Å²) in [6.07, 6.45) is 1.39. The topological polar surface area (TPSA) is 83.8 Å². The van der Waals surface area contributed by atoms with E-state index in [1.54, 1.807) is 12.1 Å². The van der Waals surface area contributed by atoms with Crippen LogP contribution in [0.3, 0.4) is 0 Å². The van der Waals surface area contributed by atoms with Gasteiger partial charge in [-0.25, -0.2) is 0 Å². The minimum Gasteiger partial charge on any atom is -0.508 e. The van der Waals surface area contributed by atoms with Crippen LogP contribution in [0.1, 0.15) is 28.3 Å². The number of phenolic OH excluding ortho intramolecular Hbond substituents is 1. The lowest BCUT2D eigenvalue weighted by molar-refractivity contribution is 0.321. The van der Waals surface area contributed by atoms with Gasteiger partial charge >= 0.3 is 0 Å². The molecule has 0 saturated heterocycles. The van der Waals surface area contributed by atoms with E-state index >= 15 is 0 Å². The molecule has 0 bridgehead atoms. The molecule has 0 amide bonds. The van der Waals surface area contributed by atoms with Gasteiger partial charge in [0.15, 0.2) is 5.76 Å². The van der Waals surface area contributed by atoms with Crippen molar-refractivity contribution in [2.45, 2.75) is 27.7 Å². The van der Waals surface area contributed by atoms with Crippen LogP contribution < -0.4 is 0 Å². The molecular weight excluding hydrogens is 386 g/mol. The Morgan fingerprint density at radius 1 is 1.24 bits per heavy atom. The van der Waals surface area contributed by atoms with E-state index in [0.29, 0.717) is 11.5 Å². The molecule has 1 aromatic carbocycles. The number of aromatic nitrogens is 2. The van der Waals surface area contributed by atoms with E-state index in [2.05, 4.69) is 26.2 Å². The summed E-state index contributed by atoms with van der Waals surface area (Å²) in [6, 6.07) is 5.22. The maximum atomic E-state index is 9.74. The zero-order valence-corrected chi connectivity index (χ0v) is 15.9. The smallest absolute Gasteiger partial charge is 0.157 e. The first kappa shape index (κ1) is 17.3. The molecule has 0 atom stereocenters. The van der Waals surface area contributed by atoms with Gasteiger partial charge in [-0.1, -0.05) is 10.3 Å². The first-order valence-corrected chi connectivity index (χ1v) is 8.47. The molecule has 0 saturated carbocycles. The SMILES string of the molecule is Cc1cc(O)ccc1-c1c(Br)c(C)c(/C=N/O)n1-c1c(C)noc1C. The van der Waals surface area contributed by atoms with Crippen LogP contribution in [-0.2, 0) is 0 Å². The van der Waals surface area contributed by atoms with Crippen molar-refractivity contribution >= 4 is 22.1 Å². The van der Waals surface area contributed by atoms with Gasteiger partial charge < -0.3 is 19.4 Å². The maximum absolute atomic E-state index is 9.74. The van der Waals surface area contributed by atoms with Gasteiger partial charge in [0.2, 0.25) is 0 Å². The van der Waals surface area contributed by atoms with Crippen LogP contribution >= 0.6 is 15.9 Å².